The molecule has 0 spiro atoms. The molecule has 0 saturated heterocycles. The van der Waals surface area contributed by atoms with Crippen molar-refractivity contribution in [2.45, 2.75) is 44.0 Å². The van der Waals surface area contributed by atoms with Crippen molar-refractivity contribution in [3.8, 4) is 0 Å². The third kappa shape index (κ3) is 3.81. The van der Waals surface area contributed by atoms with E-state index in [1.54, 1.807) is 0 Å². The number of halogens is 7. The molecule has 0 aromatic carbocycles. The van der Waals surface area contributed by atoms with Crippen molar-refractivity contribution in [3.05, 3.63) is 28.5 Å². The van der Waals surface area contributed by atoms with Gasteiger partial charge in [0.05, 0.1) is 10.9 Å². The topological polar surface area (TPSA) is 12.9 Å². The Balaban J connectivity index is 2.17. The lowest BCUT2D eigenvalue weighted by Crippen LogP contribution is -2.27. The number of rotatable bonds is 1. The van der Waals surface area contributed by atoms with E-state index >= 15 is 0 Å². The number of alkyl halides is 6. The van der Waals surface area contributed by atoms with Crippen LogP contribution < -0.4 is 0 Å². The van der Waals surface area contributed by atoms with Crippen LogP contribution in [0.5, 0.6) is 0 Å². The Hall–Kier alpha value is -0.980. The van der Waals surface area contributed by atoms with Gasteiger partial charge in [-0.25, -0.2) is 0 Å². The fourth-order valence-electron chi connectivity index (χ4n) is 2.65. The second kappa shape index (κ2) is 5.66. The summed E-state index contributed by atoms with van der Waals surface area (Å²) in [6.45, 7) is 0. The van der Waals surface area contributed by atoms with Crippen molar-refractivity contribution in [1.82, 2.24) is 4.98 Å². The van der Waals surface area contributed by atoms with Crippen molar-refractivity contribution in [3.63, 3.8) is 0 Å². The van der Waals surface area contributed by atoms with Crippen LogP contribution in [-0.4, -0.2) is 11.2 Å². The van der Waals surface area contributed by atoms with Crippen LogP contribution in [-0.2, 0) is 6.18 Å². The van der Waals surface area contributed by atoms with Gasteiger partial charge in [-0.1, -0.05) is 11.6 Å². The van der Waals surface area contributed by atoms with E-state index in [1.807, 2.05) is 0 Å². The molecule has 0 bridgehead atoms. The molecule has 1 aromatic heterocycles. The Morgan fingerprint density at radius 1 is 1.00 bits per heavy atom. The van der Waals surface area contributed by atoms with Gasteiger partial charge in [0.2, 0.25) is 0 Å². The van der Waals surface area contributed by atoms with Crippen molar-refractivity contribution < 1.29 is 26.3 Å². The molecule has 118 valence electrons. The van der Waals surface area contributed by atoms with Crippen LogP contribution in [0.4, 0.5) is 26.3 Å². The van der Waals surface area contributed by atoms with Crippen molar-refractivity contribution in [2.24, 2.45) is 5.92 Å². The third-order valence-electron chi connectivity index (χ3n) is 3.81. The van der Waals surface area contributed by atoms with Gasteiger partial charge in [0.25, 0.3) is 0 Å². The lowest BCUT2D eigenvalue weighted by molar-refractivity contribution is -0.182. The molecule has 0 atom stereocenters. The minimum Gasteiger partial charge on any atom is -0.250 e. The summed E-state index contributed by atoms with van der Waals surface area (Å²) >= 11 is 5.85. The molecule has 1 aliphatic rings. The van der Waals surface area contributed by atoms with Crippen LogP contribution in [0.15, 0.2) is 12.3 Å². The minimum absolute atomic E-state index is 0.0680. The van der Waals surface area contributed by atoms with Gasteiger partial charge in [-0.3, -0.25) is 4.98 Å². The summed E-state index contributed by atoms with van der Waals surface area (Å²) < 4.78 is 75.6. The van der Waals surface area contributed by atoms with Gasteiger partial charge in [0, 0.05) is 6.20 Å². The molecule has 1 nitrogen and oxygen atoms in total. The molecule has 1 aliphatic carbocycles. The molecule has 0 radical (unpaired) electrons. The number of hydrogen-bond donors (Lipinski definition) is 0. The molecular formula is C13H12ClF6N. The van der Waals surface area contributed by atoms with Gasteiger partial charge in [-0.2, -0.15) is 26.3 Å². The summed E-state index contributed by atoms with van der Waals surface area (Å²) in [4.78, 5) is 3.22. The van der Waals surface area contributed by atoms with Crippen LogP contribution in [0.1, 0.15) is 42.9 Å². The zero-order valence-electron chi connectivity index (χ0n) is 10.7. The highest BCUT2D eigenvalue weighted by Crippen LogP contribution is 2.44. The predicted octanol–water partition coefficient (Wildman–Crippen LogP) is 5.59. The third-order valence-corrected chi connectivity index (χ3v) is 4.12. The smallest absolute Gasteiger partial charge is 0.250 e. The average molecular weight is 332 g/mol. The first kappa shape index (κ1) is 16.4. The van der Waals surface area contributed by atoms with Gasteiger partial charge < -0.3 is 0 Å². The molecular weight excluding hydrogens is 320 g/mol. The van der Waals surface area contributed by atoms with Crippen LogP contribution in [0.3, 0.4) is 0 Å². The van der Waals surface area contributed by atoms with E-state index in [0.717, 1.165) is 12.3 Å². The maximum atomic E-state index is 12.6. The Morgan fingerprint density at radius 3 is 2.05 bits per heavy atom. The predicted molar refractivity (Wildman–Crippen MR) is 65.0 cm³/mol. The largest absolute Gasteiger partial charge is 0.433 e. The lowest BCUT2D eigenvalue weighted by Gasteiger charge is -2.30. The molecule has 8 heteroatoms. The number of hydrogen-bond acceptors (Lipinski definition) is 1. The SMILES string of the molecule is FC(F)(F)c1cc(C2CCC(C(F)(F)F)CC2)c(Cl)cn1. The van der Waals surface area contributed by atoms with E-state index < -0.39 is 24.0 Å². The van der Waals surface area contributed by atoms with E-state index in [9.17, 15) is 26.3 Å². The molecule has 2 rings (SSSR count). The summed E-state index contributed by atoms with van der Waals surface area (Å²) in [5, 5.41) is 0.0680. The van der Waals surface area contributed by atoms with Gasteiger partial charge in [-0.15, -0.1) is 0 Å². The summed E-state index contributed by atoms with van der Waals surface area (Å²) in [7, 11) is 0. The molecule has 0 N–H and O–H groups in total. The second-order valence-corrected chi connectivity index (χ2v) is 5.59. The fraction of sp³-hybridized carbons (Fsp3) is 0.615. The Kier molecular flexibility index (Phi) is 4.42. The minimum atomic E-state index is -4.59. The molecule has 1 saturated carbocycles. The number of aromatic nitrogens is 1. The molecule has 1 aromatic rings. The standard InChI is InChI=1S/C13H12ClF6N/c14-10-6-21-11(13(18,19)20)5-9(10)7-1-3-8(4-2-7)12(15,16)17/h5-8H,1-4H2. The summed E-state index contributed by atoms with van der Waals surface area (Å²) in [5.74, 6) is -1.77. The van der Waals surface area contributed by atoms with Gasteiger partial charge in [0.1, 0.15) is 5.69 Å². The fourth-order valence-corrected chi connectivity index (χ4v) is 2.91. The molecule has 21 heavy (non-hydrogen) atoms. The summed E-state index contributed by atoms with van der Waals surface area (Å²) in [6.07, 6.45) is -7.76. The Labute approximate surface area is 122 Å². The molecule has 0 unspecified atom stereocenters. The van der Waals surface area contributed by atoms with Crippen molar-refractivity contribution in [2.75, 3.05) is 0 Å². The van der Waals surface area contributed by atoms with Crippen LogP contribution >= 0.6 is 11.6 Å². The first-order chi connectivity index (χ1) is 9.59. The van der Waals surface area contributed by atoms with E-state index in [-0.39, 0.29) is 42.2 Å². The summed E-state index contributed by atoms with van der Waals surface area (Å²) in [6, 6.07) is 0.848. The molecule has 1 fully saturated rings. The normalized spacial score (nSPS) is 24.1. The lowest BCUT2D eigenvalue weighted by atomic mass is 9.78. The van der Waals surface area contributed by atoms with Crippen molar-refractivity contribution >= 4 is 11.6 Å². The zero-order chi connectivity index (χ0) is 15.8. The Morgan fingerprint density at radius 2 is 1.57 bits per heavy atom. The highest BCUT2D eigenvalue weighted by molar-refractivity contribution is 6.31. The van der Waals surface area contributed by atoms with Gasteiger partial charge in [0.15, 0.2) is 0 Å². The van der Waals surface area contributed by atoms with E-state index in [0.29, 0.717) is 0 Å². The molecule has 1 heterocycles. The first-order valence-corrected chi connectivity index (χ1v) is 6.76. The molecule has 0 amide bonds. The maximum absolute atomic E-state index is 12.6. The van der Waals surface area contributed by atoms with E-state index in [4.69, 9.17) is 11.6 Å². The highest BCUT2D eigenvalue weighted by Gasteiger charge is 2.42. The van der Waals surface area contributed by atoms with E-state index in [2.05, 4.69) is 4.98 Å². The van der Waals surface area contributed by atoms with Gasteiger partial charge >= 0.3 is 12.4 Å². The van der Waals surface area contributed by atoms with Gasteiger partial charge in [-0.05, 0) is 43.2 Å². The van der Waals surface area contributed by atoms with Crippen LogP contribution in [0, 0.1) is 5.92 Å². The summed E-state index contributed by atoms with van der Waals surface area (Å²) in [5.41, 5.74) is -0.834. The monoisotopic (exact) mass is 331 g/mol. The van der Waals surface area contributed by atoms with Crippen LogP contribution in [0.2, 0.25) is 5.02 Å². The van der Waals surface area contributed by atoms with Crippen LogP contribution in [0.25, 0.3) is 0 Å². The van der Waals surface area contributed by atoms with E-state index in [1.165, 1.54) is 0 Å². The maximum Gasteiger partial charge on any atom is 0.433 e. The zero-order valence-corrected chi connectivity index (χ0v) is 11.5. The Bertz CT molecular complexity index is 502. The highest BCUT2D eigenvalue weighted by atomic mass is 35.5. The first-order valence-electron chi connectivity index (χ1n) is 6.38. The quantitative estimate of drug-likeness (QED) is 0.611. The molecule has 0 aliphatic heterocycles. The number of nitrogens with zero attached hydrogens (tertiary/aromatic N) is 1. The second-order valence-electron chi connectivity index (χ2n) is 5.18. The van der Waals surface area contributed by atoms with Crippen molar-refractivity contribution in [1.29, 1.82) is 0 Å². The number of pyridine rings is 1. The average Bonchev–Trinajstić information content (AvgIpc) is 2.37.